The highest BCUT2D eigenvalue weighted by Crippen LogP contribution is 2.22. The zero-order valence-corrected chi connectivity index (χ0v) is 14.7. The van der Waals surface area contributed by atoms with Gasteiger partial charge in [-0.05, 0) is 30.3 Å². The molecule has 1 fully saturated rings. The van der Waals surface area contributed by atoms with E-state index in [1.54, 1.807) is 6.33 Å². The van der Waals surface area contributed by atoms with Crippen molar-refractivity contribution in [3.05, 3.63) is 53.9 Å². The lowest BCUT2D eigenvalue weighted by Crippen LogP contribution is -2.47. The Labute approximate surface area is 154 Å². The molecule has 0 aliphatic carbocycles. The third-order valence-electron chi connectivity index (χ3n) is 4.73. The normalized spacial score (nSPS) is 15.1. The lowest BCUT2D eigenvalue weighted by Gasteiger charge is -2.36. The lowest BCUT2D eigenvalue weighted by atomic mass is 10.3. The number of piperazine rings is 1. The molecule has 0 amide bonds. The fraction of sp³-hybridized carbons (Fsp3) is 0.222. The number of hydrogen-bond donors (Lipinski definition) is 0. The van der Waals surface area contributed by atoms with Gasteiger partial charge in [0, 0.05) is 31.2 Å². The summed E-state index contributed by atoms with van der Waals surface area (Å²) in [5, 5.41) is 8.80. The van der Waals surface area contributed by atoms with Crippen LogP contribution in [0.4, 0.5) is 11.6 Å². The summed E-state index contributed by atoms with van der Waals surface area (Å²) in [6.45, 7) is 3.56. The van der Waals surface area contributed by atoms with Gasteiger partial charge in [-0.2, -0.15) is 0 Å². The zero-order chi connectivity index (χ0) is 17.5. The molecule has 1 aliphatic heterocycles. The highest BCUT2D eigenvalue weighted by Gasteiger charge is 2.20. The minimum absolute atomic E-state index is 0.677. The second-order valence-electron chi connectivity index (χ2n) is 6.28. The zero-order valence-electron chi connectivity index (χ0n) is 14.0. The van der Waals surface area contributed by atoms with Gasteiger partial charge in [0.1, 0.15) is 18.0 Å². The Bertz CT molecular complexity index is 1090. The van der Waals surface area contributed by atoms with E-state index < -0.39 is 0 Å². The van der Waals surface area contributed by atoms with E-state index >= 15 is 0 Å². The molecule has 0 radical (unpaired) electrons. The van der Waals surface area contributed by atoms with E-state index in [1.165, 1.54) is 0 Å². The number of rotatable bonds is 2. The molecular weight excluding hydrogens is 350 g/mol. The van der Waals surface area contributed by atoms with E-state index in [1.807, 2.05) is 40.9 Å². The highest BCUT2D eigenvalue weighted by atomic mass is 35.5. The predicted molar refractivity (Wildman–Crippen MR) is 102 cm³/mol. The second-order valence-corrected chi connectivity index (χ2v) is 6.71. The van der Waals surface area contributed by atoms with Gasteiger partial charge in [-0.25, -0.2) is 4.98 Å². The first-order valence-corrected chi connectivity index (χ1v) is 8.87. The van der Waals surface area contributed by atoms with Crippen molar-refractivity contribution in [2.75, 3.05) is 36.0 Å². The molecule has 1 saturated heterocycles. The number of fused-ring (bicyclic) bond motifs is 2. The molecule has 0 unspecified atom stereocenters. The fourth-order valence-electron chi connectivity index (χ4n) is 3.38. The summed E-state index contributed by atoms with van der Waals surface area (Å²) in [4.78, 5) is 13.9. The number of halogens is 1. The van der Waals surface area contributed by atoms with Crippen LogP contribution in [0.25, 0.3) is 16.7 Å². The fourth-order valence-corrected chi connectivity index (χ4v) is 3.55. The average Bonchev–Trinajstić information content (AvgIpc) is 3.16. The Morgan fingerprint density at radius 2 is 1.77 bits per heavy atom. The summed E-state index contributed by atoms with van der Waals surface area (Å²) in [6.07, 6.45) is 3.59. The van der Waals surface area contributed by atoms with Crippen molar-refractivity contribution in [3.8, 4) is 0 Å². The molecule has 7 nitrogen and oxygen atoms in total. The van der Waals surface area contributed by atoms with Crippen molar-refractivity contribution >= 4 is 39.9 Å². The molecule has 0 bridgehead atoms. The molecule has 4 aromatic rings. The third kappa shape index (κ3) is 2.61. The van der Waals surface area contributed by atoms with Crippen molar-refractivity contribution in [1.82, 2.24) is 24.6 Å². The highest BCUT2D eigenvalue weighted by molar-refractivity contribution is 6.31. The van der Waals surface area contributed by atoms with E-state index in [0.29, 0.717) is 5.02 Å². The van der Waals surface area contributed by atoms with Gasteiger partial charge in [-0.3, -0.25) is 9.38 Å². The third-order valence-corrected chi connectivity index (χ3v) is 4.97. The number of benzene rings is 1. The number of pyridine rings is 1. The summed E-state index contributed by atoms with van der Waals surface area (Å²) in [5.41, 5.74) is 2.55. The van der Waals surface area contributed by atoms with Crippen molar-refractivity contribution in [3.63, 3.8) is 0 Å². The first-order valence-electron chi connectivity index (χ1n) is 8.49. The molecule has 130 valence electrons. The monoisotopic (exact) mass is 365 g/mol. The first kappa shape index (κ1) is 15.3. The van der Waals surface area contributed by atoms with Gasteiger partial charge >= 0.3 is 0 Å². The first-order chi connectivity index (χ1) is 12.8. The Kier molecular flexibility index (Phi) is 3.60. The number of hydrogen-bond acceptors (Lipinski definition) is 6. The Balaban J connectivity index is 1.37. The van der Waals surface area contributed by atoms with Crippen LogP contribution < -0.4 is 9.80 Å². The van der Waals surface area contributed by atoms with Crippen LogP contribution in [0.2, 0.25) is 5.02 Å². The van der Waals surface area contributed by atoms with Crippen LogP contribution in [0.3, 0.4) is 0 Å². The SMILES string of the molecule is Clc1ccc2nc(N3CCN(c4cccc5nncn45)CC3)cnc2c1. The van der Waals surface area contributed by atoms with Crippen LogP contribution in [0.1, 0.15) is 0 Å². The van der Waals surface area contributed by atoms with Crippen LogP contribution in [0, 0.1) is 0 Å². The standard InChI is InChI=1S/C18H16ClN7/c19-13-4-5-14-15(10-13)20-11-17(22-14)24-6-8-25(9-7-24)18-3-1-2-16-23-21-12-26(16)18/h1-5,10-12H,6-9H2. The van der Waals surface area contributed by atoms with Gasteiger partial charge in [0.25, 0.3) is 0 Å². The van der Waals surface area contributed by atoms with Gasteiger partial charge in [0.2, 0.25) is 0 Å². The minimum Gasteiger partial charge on any atom is -0.354 e. The van der Waals surface area contributed by atoms with Crippen molar-refractivity contribution in [1.29, 1.82) is 0 Å². The van der Waals surface area contributed by atoms with Crippen LogP contribution in [-0.4, -0.2) is 50.7 Å². The number of aromatic nitrogens is 5. The average molecular weight is 366 g/mol. The maximum Gasteiger partial charge on any atom is 0.162 e. The minimum atomic E-state index is 0.677. The van der Waals surface area contributed by atoms with Crippen LogP contribution >= 0.6 is 11.6 Å². The summed E-state index contributed by atoms with van der Waals surface area (Å²) in [5.74, 6) is 2.02. The smallest absolute Gasteiger partial charge is 0.162 e. The van der Waals surface area contributed by atoms with Crippen LogP contribution in [0.15, 0.2) is 48.9 Å². The van der Waals surface area contributed by atoms with E-state index in [2.05, 4.69) is 31.0 Å². The van der Waals surface area contributed by atoms with E-state index in [9.17, 15) is 0 Å². The van der Waals surface area contributed by atoms with Crippen LogP contribution in [0.5, 0.6) is 0 Å². The topological polar surface area (TPSA) is 62.5 Å². The van der Waals surface area contributed by atoms with Crippen molar-refractivity contribution in [2.24, 2.45) is 0 Å². The molecule has 8 heteroatoms. The molecule has 3 aromatic heterocycles. The second kappa shape index (κ2) is 6.10. The van der Waals surface area contributed by atoms with E-state index in [0.717, 1.165) is 54.5 Å². The van der Waals surface area contributed by atoms with Crippen molar-refractivity contribution < 1.29 is 0 Å². The van der Waals surface area contributed by atoms with E-state index in [-0.39, 0.29) is 0 Å². The molecule has 1 aliphatic rings. The molecule has 5 rings (SSSR count). The molecule has 26 heavy (non-hydrogen) atoms. The molecule has 0 spiro atoms. The summed E-state index contributed by atoms with van der Waals surface area (Å²) >= 11 is 6.02. The molecule has 0 N–H and O–H groups in total. The quantitative estimate of drug-likeness (QED) is 0.544. The molecule has 0 saturated carbocycles. The number of nitrogens with zero attached hydrogens (tertiary/aromatic N) is 7. The Hall–Kier alpha value is -2.93. The van der Waals surface area contributed by atoms with Crippen LogP contribution in [-0.2, 0) is 0 Å². The van der Waals surface area contributed by atoms with Gasteiger partial charge in [-0.15, -0.1) is 10.2 Å². The van der Waals surface area contributed by atoms with Gasteiger partial charge in [0.15, 0.2) is 5.65 Å². The Morgan fingerprint density at radius 3 is 2.65 bits per heavy atom. The van der Waals surface area contributed by atoms with E-state index in [4.69, 9.17) is 16.6 Å². The summed E-state index contributed by atoms with van der Waals surface area (Å²) in [6, 6.07) is 11.7. The molecular formula is C18H16ClN7. The maximum absolute atomic E-state index is 6.02. The maximum atomic E-state index is 6.02. The molecule has 1 aromatic carbocycles. The molecule has 0 atom stereocenters. The summed E-state index contributed by atoms with van der Waals surface area (Å²) < 4.78 is 2.02. The Morgan fingerprint density at radius 1 is 0.923 bits per heavy atom. The van der Waals surface area contributed by atoms with Gasteiger partial charge in [-0.1, -0.05) is 17.7 Å². The molecule has 4 heterocycles. The lowest BCUT2D eigenvalue weighted by molar-refractivity contribution is 0.639. The number of anilines is 2. The summed E-state index contributed by atoms with van der Waals surface area (Å²) in [7, 11) is 0. The van der Waals surface area contributed by atoms with Gasteiger partial charge < -0.3 is 9.80 Å². The predicted octanol–water partition coefficient (Wildman–Crippen LogP) is 2.65. The van der Waals surface area contributed by atoms with Gasteiger partial charge in [0.05, 0.1) is 17.2 Å². The van der Waals surface area contributed by atoms with Crippen molar-refractivity contribution in [2.45, 2.75) is 0 Å². The largest absolute Gasteiger partial charge is 0.354 e.